The molecule has 0 unspecified atom stereocenters. The molecule has 6 heteroatoms. The molecule has 2 amide bonds. The van der Waals surface area contributed by atoms with E-state index >= 15 is 0 Å². The Kier molecular flexibility index (Phi) is 3.57. The van der Waals surface area contributed by atoms with Crippen LogP contribution in [0.3, 0.4) is 0 Å². The molecule has 2 heterocycles. The molecule has 0 saturated carbocycles. The lowest BCUT2D eigenvalue weighted by molar-refractivity contribution is -0.114. The van der Waals surface area contributed by atoms with E-state index in [1.54, 1.807) is 34.9 Å². The molecule has 3 rings (SSSR count). The van der Waals surface area contributed by atoms with Crippen molar-refractivity contribution in [2.45, 2.75) is 6.92 Å². The molecular formula is C16H14N4O2. The molecule has 0 spiro atoms. The van der Waals surface area contributed by atoms with Gasteiger partial charge in [0.1, 0.15) is 0 Å². The number of fused-ring (bicyclic) bond motifs is 1. The minimum Gasteiger partial charge on any atom is -0.326 e. The average Bonchev–Trinajstić information content (AvgIpc) is 2.90. The normalized spacial score (nSPS) is 10.4. The number of anilines is 2. The number of carbonyl (C=O) groups is 2. The maximum absolute atomic E-state index is 12.3. The van der Waals surface area contributed by atoms with Crippen LogP contribution in [0.2, 0.25) is 0 Å². The number of aromatic nitrogens is 2. The third kappa shape index (κ3) is 2.80. The zero-order chi connectivity index (χ0) is 15.5. The Labute approximate surface area is 126 Å². The Hall–Kier alpha value is -3.15. The maximum atomic E-state index is 12.3. The molecule has 0 aliphatic heterocycles. The van der Waals surface area contributed by atoms with Gasteiger partial charge in [0.25, 0.3) is 5.91 Å². The molecule has 110 valence electrons. The van der Waals surface area contributed by atoms with Crippen LogP contribution in [0.15, 0.2) is 54.9 Å². The van der Waals surface area contributed by atoms with Crippen LogP contribution in [-0.4, -0.2) is 21.2 Å². The Morgan fingerprint density at radius 2 is 1.95 bits per heavy atom. The van der Waals surface area contributed by atoms with Crippen molar-refractivity contribution in [3.05, 3.63) is 60.4 Å². The van der Waals surface area contributed by atoms with Crippen LogP contribution in [0.25, 0.3) is 5.52 Å². The van der Waals surface area contributed by atoms with Crippen LogP contribution >= 0.6 is 0 Å². The number of carbonyl (C=O) groups excluding carboxylic acids is 2. The largest absolute Gasteiger partial charge is 0.326 e. The number of imidazole rings is 1. The van der Waals surface area contributed by atoms with Gasteiger partial charge in [0.15, 0.2) is 0 Å². The van der Waals surface area contributed by atoms with Crippen molar-refractivity contribution in [2.75, 3.05) is 10.6 Å². The molecule has 2 aromatic heterocycles. The van der Waals surface area contributed by atoms with Gasteiger partial charge in [-0.15, -0.1) is 0 Å². The fraction of sp³-hybridized carbons (Fsp3) is 0.0625. The van der Waals surface area contributed by atoms with Gasteiger partial charge in [-0.25, -0.2) is 4.98 Å². The molecule has 2 N–H and O–H groups in total. The second kappa shape index (κ2) is 5.69. The van der Waals surface area contributed by atoms with Crippen molar-refractivity contribution in [1.29, 1.82) is 0 Å². The minimum atomic E-state index is -0.288. The number of benzene rings is 1. The van der Waals surface area contributed by atoms with Crippen LogP contribution in [0.5, 0.6) is 0 Å². The van der Waals surface area contributed by atoms with Gasteiger partial charge in [-0.2, -0.15) is 0 Å². The summed E-state index contributed by atoms with van der Waals surface area (Å²) < 4.78 is 1.79. The highest BCUT2D eigenvalue weighted by atomic mass is 16.2. The Bertz CT molecular complexity index is 854. The minimum absolute atomic E-state index is 0.184. The van der Waals surface area contributed by atoms with Gasteiger partial charge in [-0.3, -0.25) is 19.3 Å². The van der Waals surface area contributed by atoms with Crippen LogP contribution in [0.1, 0.15) is 17.3 Å². The first kappa shape index (κ1) is 13.8. The van der Waals surface area contributed by atoms with Gasteiger partial charge in [0, 0.05) is 24.4 Å². The number of rotatable bonds is 3. The SMILES string of the molecule is CC(=O)Nc1cccc(C(=O)Nc2ncc3ccccn23)c1. The standard InChI is InChI=1S/C16H14N4O2/c1-11(21)18-13-6-4-5-12(9-13)15(22)19-16-17-10-14-7-2-3-8-20(14)16/h2-10H,1H3,(H,18,21)(H,17,19,22). The van der Waals surface area contributed by atoms with Gasteiger partial charge >= 0.3 is 0 Å². The Balaban J connectivity index is 1.84. The summed E-state index contributed by atoms with van der Waals surface area (Å²) in [5.41, 5.74) is 1.91. The predicted octanol–water partition coefficient (Wildman–Crippen LogP) is 2.55. The van der Waals surface area contributed by atoms with E-state index in [4.69, 9.17) is 0 Å². The Morgan fingerprint density at radius 3 is 2.77 bits per heavy atom. The molecule has 0 radical (unpaired) electrons. The van der Waals surface area contributed by atoms with E-state index in [1.807, 2.05) is 24.4 Å². The van der Waals surface area contributed by atoms with Crippen molar-refractivity contribution >= 4 is 29.0 Å². The van der Waals surface area contributed by atoms with Crippen molar-refractivity contribution in [2.24, 2.45) is 0 Å². The molecule has 0 bridgehead atoms. The summed E-state index contributed by atoms with van der Waals surface area (Å²) in [5.74, 6) is -0.0223. The highest BCUT2D eigenvalue weighted by Gasteiger charge is 2.10. The first-order valence-corrected chi connectivity index (χ1v) is 6.74. The van der Waals surface area contributed by atoms with E-state index in [0.29, 0.717) is 17.2 Å². The number of nitrogens with zero attached hydrogens (tertiary/aromatic N) is 2. The molecule has 0 fully saturated rings. The molecular weight excluding hydrogens is 280 g/mol. The lowest BCUT2D eigenvalue weighted by Crippen LogP contribution is -2.15. The molecule has 0 saturated heterocycles. The van der Waals surface area contributed by atoms with Crippen LogP contribution in [0.4, 0.5) is 11.6 Å². The third-order valence-corrected chi connectivity index (χ3v) is 3.11. The highest BCUT2D eigenvalue weighted by Crippen LogP contribution is 2.14. The topological polar surface area (TPSA) is 75.5 Å². The van der Waals surface area contributed by atoms with Crippen molar-refractivity contribution < 1.29 is 9.59 Å². The number of nitrogens with one attached hydrogen (secondary N) is 2. The summed E-state index contributed by atoms with van der Waals surface area (Å²) in [6.07, 6.45) is 3.51. The molecule has 6 nitrogen and oxygen atoms in total. The Morgan fingerprint density at radius 1 is 1.09 bits per heavy atom. The van der Waals surface area contributed by atoms with Gasteiger partial charge in [-0.1, -0.05) is 12.1 Å². The fourth-order valence-corrected chi connectivity index (χ4v) is 2.15. The monoisotopic (exact) mass is 294 g/mol. The molecule has 1 aromatic carbocycles. The molecule has 0 aliphatic rings. The van der Waals surface area contributed by atoms with Gasteiger partial charge in [0.05, 0.1) is 11.7 Å². The van der Waals surface area contributed by atoms with Gasteiger partial charge in [-0.05, 0) is 30.3 Å². The van der Waals surface area contributed by atoms with Crippen molar-refractivity contribution in [3.8, 4) is 0 Å². The number of hydrogen-bond donors (Lipinski definition) is 2. The van der Waals surface area contributed by atoms with Crippen molar-refractivity contribution in [1.82, 2.24) is 9.38 Å². The smallest absolute Gasteiger partial charge is 0.258 e. The lowest BCUT2D eigenvalue weighted by Gasteiger charge is -2.06. The predicted molar refractivity (Wildman–Crippen MR) is 83.9 cm³/mol. The number of hydrogen-bond acceptors (Lipinski definition) is 3. The molecule has 0 aliphatic carbocycles. The summed E-state index contributed by atoms with van der Waals surface area (Å²) >= 11 is 0. The second-order valence-corrected chi connectivity index (χ2v) is 4.79. The van der Waals surface area contributed by atoms with E-state index < -0.39 is 0 Å². The fourth-order valence-electron chi connectivity index (χ4n) is 2.15. The first-order chi connectivity index (χ1) is 10.6. The summed E-state index contributed by atoms with van der Waals surface area (Å²) in [4.78, 5) is 27.6. The summed E-state index contributed by atoms with van der Waals surface area (Å²) in [6.45, 7) is 1.42. The zero-order valence-electron chi connectivity index (χ0n) is 11.9. The summed E-state index contributed by atoms with van der Waals surface area (Å²) in [7, 11) is 0. The van der Waals surface area contributed by atoms with E-state index in [1.165, 1.54) is 6.92 Å². The summed E-state index contributed by atoms with van der Waals surface area (Å²) in [5, 5.41) is 5.41. The van der Waals surface area contributed by atoms with Crippen LogP contribution in [-0.2, 0) is 4.79 Å². The lowest BCUT2D eigenvalue weighted by atomic mass is 10.2. The van der Waals surface area contributed by atoms with E-state index in [-0.39, 0.29) is 11.8 Å². The highest BCUT2D eigenvalue weighted by molar-refractivity contribution is 6.04. The van der Waals surface area contributed by atoms with Gasteiger partial charge < -0.3 is 5.32 Å². The van der Waals surface area contributed by atoms with E-state index in [0.717, 1.165) is 5.52 Å². The quantitative estimate of drug-likeness (QED) is 0.779. The van der Waals surface area contributed by atoms with Crippen LogP contribution < -0.4 is 10.6 Å². The van der Waals surface area contributed by atoms with E-state index in [2.05, 4.69) is 15.6 Å². The average molecular weight is 294 g/mol. The molecule has 3 aromatic rings. The first-order valence-electron chi connectivity index (χ1n) is 6.74. The second-order valence-electron chi connectivity index (χ2n) is 4.79. The molecule has 0 atom stereocenters. The zero-order valence-corrected chi connectivity index (χ0v) is 11.9. The van der Waals surface area contributed by atoms with Crippen molar-refractivity contribution in [3.63, 3.8) is 0 Å². The summed E-state index contributed by atoms with van der Waals surface area (Å²) in [6, 6.07) is 12.4. The van der Waals surface area contributed by atoms with Gasteiger partial charge in [0.2, 0.25) is 11.9 Å². The maximum Gasteiger partial charge on any atom is 0.258 e. The number of amides is 2. The molecule has 22 heavy (non-hydrogen) atoms. The third-order valence-electron chi connectivity index (χ3n) is 3.11. The van der Waals surface area contributed by atoms with E-state index in [9.17, 15) is 9.59 Å². The number of pyridine rings is 1. The van der Waals surface area contributed by atoms with Crippen LogP contribution in [0, 0.1) is 0 Å².